The third-order valence-electron chi connectivity index (χ3n) is 2.55. The van der Waals surface area contributed by atoms with E-state index in [2.05, 4.69) is 5.32 Å². The first-order valence-electron chi connectivity index (χ1n) is 4.58. The molecule has 0 unspecified atom stereocenters. The predicted octanol–water partition coefficient (Wildman–Crippen LogP) is -0.998. The van der Waals surface area contributed by atoms with Gasteiger partial charge >= 0.3 is 0 Å². The number of nitrogens with two attached hydrogens (primary N) is 2. The van der Waals surface area contributed by atoms with Crippen molar-refractivity contribution >= 4 is 11.7 Å². The van der Waals surface area contributed by atoms with E-state index in [0.717, 1.165) is 0 Å². The van der Waals surface area contributed by atoms with E-state index in [1.807, 2.05) is 0 Å². The van der Waals surface area contributed by atoms with Gasteiger partial charge in [-0.2, -0.15) is 0 Å². The molecule has 0 aliphatic carbocycles. The third-order valence-corrected chi connectivity index (χ3v) is 2.55. The van der Waals surface area contributed by atoms with Crippen LogP contribution in [0, 0.1) is 5.92 Å². The monoisotopic (exact) mass is 201 g/mol. The summed E-state index contributed by atoms with van der Waals surface area (Å²) < 4.78 is 0. The highest BCUT2D eigenvalue weighted by Gasteiger charge is 2.44. The predicted molar refractivity (Wildman–Crippen MR) is 54.5 cm³/mol. The van der Waals surface area contributed by atoms with Crippen molar-refractivity contribution in [3.05, 3.63) is 0 Å². The Morgan fingerprint density at radius 2 is 1.71 bits per heavy atom. The van der Waals surface area contributed by atoms with E-state index in [9.17, 15) is 9.59 Å². The molecule has 0 heterocycles. The molecule has 0 rings (SSSR count). The van der Waals surface area contributed by atoms with Gasteiger partial charge in [-0.1, -0.05) is 13.8 Å². The number of carbonyl (C=O) groups is 2. The topological polar surface area (TPSA) is 98.2 Å². The molecule has 0 saturated carbocycles. The minimum absolute atomic E-state index is 0.316. The summed E-state index contributed by atoms with van der Waals surface area (Å²) >= 11 is 0. The third kappa shape index (κ3) is 2.10. The molecule has 0 radical (unpaired) electrons. The molecule has 0 aromatic heterocycles. The van der Waals surface area contributed by atoms with E-state index in [4.69, 9.17) is 11.5 Å². The molecule has 82 valence electrons. The van der Waals surface area contributed by atoms with Crippen molar-refractivity contribution in [2.24, 2.45) is 17.4 Å². The van der Waals surface area contributed by atoms with Crippen molar-refractivity contribution < 1.29 is 9.59 Å². The molecule has 0 aromatic carbocycles. The lowest BCUT2D eigenvalue weighted by Gasteiger charge is -2.30. The minimum atomic E-state index is -1.58. The largest absolute Gasteiger partial charge is 0.368 e. The van der Waals surface area contributed by atoms with Gasteiger partial charge in [-0.05, 0) is 19.9 Å². The smallest absolute Gasteiger partial charge is 0.245 e. The summed E-state index contributed by atoms with van der Waals surface area (Å²) in [4.78, 5) is 23.0. The molecule has 5 N–H and O–H groups in total. The van der Waals surface area contributed by atoms with Gasteiger partial charge in [0.05, 0.1) is 6.04 Å². The molecule has 0 saturated heterocycles. The highest BCUT2D eigenvalue weighted by Crippen LogP contribution is 2.16. The summed E-state index contributed by atoms with van der Waals surface area (Å²) in [5.41, 5.74) is 9.31. The number of carbonyl (C=O) groups excluding carboxylic acids is 2. The van der Waals surface area contributed by atoms with Crippen molar-refractivity contribution in [3.63, 3.8) is 0 Å². The van der Waals surface area contributed by atoms with Gasteiger partial charge in [-0.15, -0.1) is 0 Å². The number of Topliss-reactive ketones (excluding diaryl/α,β-unsaturated/α-hetero) is 1. The average molecular weight is 201 g/mol. The Bertz CT molecular complexity index is 240. The van der Waals surface area contributed by atoms with Gasteiger partial charge < -0.3 is 16.8 Å². The lowest BCUT2D eigenvalue weighted by atomic mass is 9.80. The zero-order valence-corrected chi connectivity index (χ0v) is 9.13. The summed E-state index contributed by atoms with van der Waals surface area (Å²) in [6.45, 7) is 5.05. The molecular formula is C9H19N3O2. The van der Waals surface area contributed by atoms with Gasteiger partial charge in [0.15, 0.2) is 11.3 Å². The Morgan fingerprint density at radius 1 is 1.29 bits per heavy atom. The van der Waals surface area contributed by atoms with Gasteiger partial charge in [-0.25, -0.2) is 0 Å². The SMILES string of the molecule is CN[C@@H](C)C(=O)[C@@](N)(C(N)=O)C(C)C. The molecule has 0 aliphatic rings. The van der Waals surface area contributed by atoms with Crippen LogP contribution in [0.1, 0.15) is 20.8 Å². The Hall–Kier alpha value is -0.940. The zero-order chi connectivity index (χ0) is 11.5. The minimum Gasteiger partial charge on any atom is -0.368 e. The van der Waals surface area contributed by atoms with Crippen LogP contribution in [0.25, 0.3) is 0 Å². The number of amides is 1. The number of rotatable bonds is 5. The standard InChI is InChI=1S/C9H19N3O2/c1-5(2)9(11,8(10)14)7(13)6(3)12-4/h5-6,12H,11H2,1-4H3,(H2,10,14)/t6-,9+/m0/s1. The molecule has 2 atom stereocenters. The highest BCUT2D eigenvalue weighted by atomic mass is 16.2. The van der Waals surface area contributed by atoms with Crippen LogP contribution in [0.5, 0.6) is 0 Å². The number of hydrogen-bond donors (Lipinski definition) is 3. The summed E-state index contributed by atoms with van der Waals surface area (Å²) in [6, 6.07) is -0.477. The van der Waals surface area contributed by atoms with E-state index in [0.29, 0.717) is 0 Å². The Morgan fingerprint density at radius 3 is 1.93 bits per heavy atom. The Labute approximate surface area is 84.2 Å². The lowest BCUT2D eigenvalue weighted by Crippen LogP contribution is -2.65. The quantitative estimate of drug-likeness (QED) is 0.497. The molecule has 0 aliphatic heterocycles. The summed E-state index contributed by atoms with van der Waals surface area (Å²) in [5, 5.41) is 2.74. The number of ketones is 1. The van der Waals surface area contributed by atoms with Gasteiger partial charge in [-0.3, -0.25) is 9.59 Å². The second kappa shape index (κ2) is 4.52. The first-order valence-corrected chi connectivity index (χ1v) is 4.58. The Balaban J connectivity index is 5.03. The van der Waals surface area contributed by atoms with Crippen molar-refractivity contribution in [3.8, 4) is 0 Å². The Kier molecular flexibility index (Phi) is 4.22. The van der Waals surface area contributed by atoms with E-state index < -0.39 is 17.5 Å². The van der Waals surface area contributed by atoms with Crippen LogP contribution in [0.4, 0.5) is 0 Å². The molecule has 0 spiro atoms. The lowest BCUT2D eigenvalue weighted by molar-refractivity contribution is -0.137. The number of hydrogen-bond acceptors (Lipinski definition) is 4. The first kappa shape index (κ1) is 13.1. The maximum atomic E-state index is 11.8. The normalized spacial score (nSPS) is 17.6. The van der Waals surface area contributed by atoms with Crippen LogP contribution in [-0.4, -0.2) is 30.3 Å². The molecule has 1 amide bonds. The molecule has 5 nitrogen and oxygen atoms in total. The van der Waals surface area contributed by atoms with E-state index >= 15 is 0 Å². The molecule has 5 heteroatoms. The summed E-state index contributed by atoms with van der Waals surface area (Å²) in [7, 11) is 1.63. The fourth-order valence-electron chi connectivity index (χ4n) is 1.18. The molecule has 0 aromatic rings. The number of nitrogens with one attached hydrogen (secondary N) is 1. The van der Waals surface area contributed by atoms with Crippen molar-refractivity contribution in [2.75, 3.05) is 7.05 Å². The van der Waals surface area contributed by atoms with Gasteiger partial charge in [0.25, 0.3) is 0 Å². The van der Waals surface area contributed by atoms with Gasteiger partial charge in [0.2, 0.25) is 5.91 Å². The number of likely N-dealkylation sites (N-methyl/N-ethyl adjacent to an activating group) is 1. The second-order valence-corrected chi connectivity index (χ2v) is 3.76. The summed E-state index contributed by atoms with van der Waals surface area (Å²) in [5.74, 6) is -1.47. The van der Waals surface area contributed by atoms with E-state index in [-0.39, 0.29) is 11.7 Å². The van der Waals surface area contributed by atoms with Crippen molar-refractivity contribution in [1.29, 1.82) is 0 Å². The van der Waals surface area contributed by atoms with Crippen LogP contribution in [0.3, 0.4) is 0 Å². The van der Waals surface area contributed by atoms with E-state index in [1.165, 1.54) is 0 Å². The fraction of sp³-hybridized carbons (Fsp3) is 0.778. The van der Waals surface area contributed by atoms with Crippen molar-refractivity contribution in [1.82, 2.24) is 5.32 Å². The molecule has 0 bridgehead atoms. The van der Waals surface area contributed by atoms with Crippen LogP contribution in [-0.2, 0) is 9.59 Å². The van der Waals surface area contributed by atoms with Crippen LogP contribution in [0.15, 0.2) is 0 Å². The van der Waals surface area contributed by atoms with Crippen LogP contribution < -0.4 is 16.8 Å². The van der Waals surface area contributed by atoms with Crippen LogP contribution in [0.2, 0.25) is 0 Å². The second-order valence-electron chi connectivity index (χ2n) is 3.76. The average Bonchev–Trinajstić information content (AvgIpc) is 2.13. The highest BCUT2D eigenvalue weighted by molar-refractivity contribution is 6.12. The van der Waals surface area contributed by atoms with Crippen molar-refractivity contribution in [2.45, 2.75) is 32.4 Å². The molecule has 0 fully saturated rings. The van der Waals surface area contributed by atoms with E-state index in [1.54, 1.807) is 27.8 Å². The van der Waals surface area contributed by atoms with Gasteiger partial charge in [0, 0.05) is 0 Å². The zero-order valence-electron chi connectivity index (χ0n) is 9.13. The molecule has 14 heavy (non-hydrogen) atoms. The maximum Gasteiger partial charge on any atom is 0.245 e. The number of primary amides is 1. The fourth-order valence-corrected chi connectivity index (χ4v) is 1.18. The maximum absolute atomic E-state index is 11.8. The van der Waals surface area contributed by atoms with Crippen LogP contribution >= 0.6 is 0 Å². The summed E-state index contributed by atoms with van der Waals surface area (Å²) in [6.07, 6.45) is 0. The first-order chi connectivity index (χ1) is 6.28. The van der Waals surface area contributed by atoms with Gasteiger partial charge in [0.1, 0.15) is 0 Å². The molecular weight excluding hydrogens is 182 g/mol.